The van der Waals surface area contributed by atoms with Crippen LogP contribution < -0.4 is 9.47 Å². The third-order valence-electron chi connectivity index (χ3n) is 2.72. The number of rotatable bonds is 7. The smallest absolute Gasteiger partial charge is 0.133 e. The summed E-state index contributed by atoms with van der Waals surface area (Å²) >= 11 is 3.46. The molecule has 0 aliphatic carbocycles. The lowest BCUT2D eigenvalue weighted by atomic mass is 10.2. The Balaban J connectivity index is 1.69. The third-order valence-corrected chi connectivity index (χ3v) is 3.34. The quantitative estimate of drug-likeness (QED) is 0.714. The molecular formula is C16H17BrO3. The van der Waals surface area contributed by atoms with Crippen molar-refractivity contribution >= 4 is 15.9 Å². The van der Waals surface area contributed by atoms with E-state index in [-0.39, 0.29) is 0 Å². The second-order valence-corrected chi connectivity index (χ2v) is 5.04. The summed E-state index contributed by atoms with van der Waals surface area (Å²) in [5.41, 5.74) is 1.09. The normalized spacial score (nSPS) is 10.3. The van der Waals surface area contributed by atoms with Crippen molar-refractivity contribution < 1.29 is 14.2 Å². The van der Waals surface area contributed by atoms with Crippen molar-refractivity contribution in [2.24, 2.45) is 0 Å². The minimum atomic E-state index is 0.543. The summed E-state index contributed by atoms with van der Waals surface area (Å²) in [6.07, 6.45) is 0. The van der Waals surface area contributed by atoms with Gasteiger partial charge in [0.1, 0.15) is 18.1 Å². The first kappa shape index (κ1) is 14.9. The van der Waals surface area contributed by atoms with E-state index >= 15 is 0 Å². The van der Waals surface area contributed by atoms with Gasteiger partial charge in [-0.3, -0.25) is 0 Å². The van der Waals surface area contributed by atoms with E-state index in [2.05, 4.69) is 15.9 Å². The van der Waals surface area contributed by atoms with Crippen molar-refractivity contribution in [3.05, 3.63) is 58.6 Å². The van der Waals surface area contributed by atoms with E-state index in [1.807, 2.05) is 48.5 Å². The van der Waals surface area contributed by atoms with E-state index in [9.17, 15) is 0 Å². The highest BCUT2D eigenvalue weighted by atomic mass is 79.9. The zero-order valence-electron chi connectivity index (χ0n) is 11.3. The summed E-state index contributed by atoms with van der Waals surface area (Å²) in [7, 11) is 1.65. The van der Waals surface area contributed by atoms with E-state index in [0.717, 1.165) is 21.5 Å². The fourth-order valence-electron chi connectivity index (χ4n) is 1.72. The fraction of sp³-hybridized carbons (Fsp3) is 0.250. The third kappa shape index (κ3) is 4.54. The molecule has 0 radical (unpaired) electrons. The van der Waals surface area contributed by atoms with Crippen LogP contribution in [0.3, 0.4) is 0 Å². The highest BCUT2D eigenvalue weighted by molar-refractivity contribution is 9.10. The molecule has 0 aliphatic heterocycles. The lowest BCUT2D eigenvalue weighted by molar-refractivity contribution is 0.0889. The first-order valence-electron chi connectivity index (χ1n) is 6.37. The van der Waals surface area contributed by atoms with Gasteiger partial charge < -0.3 is 14.2 Å². The molecule has 0 aliphatic rings. The fourth-order valence-corrected chi connectivity index (χ4v) is 2.31. The maximum atomic E-state index is 5.58. The zero-order chi connectivity index (χ0) is 14.2. The second-order valence-electron chi connectivity index (χ2n) is 4.18. The minimum Gasteiger partial charge on any atom is -0.496 e. The number of halogens is 1. The van der Waals surface area contributed by atoms with Gasteiger partial charge in [0.05, 0.1) is 24.8 Å². The molecule has 0 amide bonds. The molecule has 2 aromatic rings. The van der Waals surface area contributed by atoms with E-state index in [1.54, 1.807) is 7.11 Å². The van der Waals surface area contributed by atoms with Gasteiger partial charge in [-0.1, -0.05) is 24.3 Å². The van der Waals surface area contributed by atoms with E-state index in [4.69, 9.17) is 14.2 Å². The van der Waals surface area contributed by atoms with Crippen molar-refractivity contribution in [3.63, 3.8) is 0 Å². The van der Waals surface area contributed by atoms with Gasteiger partial charge in [-0.25, -0.2) is 0 Å². The molecule has 0 spiro atoms. The molecule has 3 nitrogen and oxygen atoms in total. The average Bonchev–Trinajstić information content (AvgIpc) is 2.48. The van der Waals surface area contributed by atoms with Crippen LogP contribution in [-0.2, 0) is 11.3 Å². The number of benzene rings is 2. The Morgan fingerprint density at radius 3 is 2.50 bits per heavy atom. The first-order chi connectivity index (χ1) is 9.79. The summed E-state index contributed by atoms with van der Waals surface area (Å²) < 4.78 is 17.2. The highest BCUT2D eigenvalue weighted by Crippen LogP contribution is 2.25. The van der Waals surface area contributed by atoms with Crippen molar-refractivity contribution in [2.45, 2.75) is 6.61 Å². The van der Waals surface area contributed by atoms with Crippen molar-refractivity contribution in [3.8, 4) is 11.5 Å². The molecule has 106 valence electrons. The van der Waals surface area contributed by atoms with Crippen LogP contribution in [-0.4, -0.2) is 20.3 Å². The van der Waals surface area contributed by atoms with Gasteiger partial charge in [0.25, 0.3) is 0 Å². The molecule has 0 bridgehead atoms. The van der Waals surface area contributed by atoms with Gasteiger partial charge in [0.2, 0.25) is 0 Å². The van der Waals surface area contributed by atoms with Gasteiger partial charge in [0.15, 0.2) is 0 Å². The van der Waals surface area contributed by atoms with Gasteiger partial charge in [-0.05, 0) is 45.8 Å². The molecule has 0 heterocycles. The second kappa shape index (κ2) is 7.92. The number of hydrogen-bond donors (Lipinski definition) is 0. The van der Waals surface area contributed by atoms with Gasteiger partial charge >= 0.3 is 0 Å². The molecule has 0 aromatic heterocycles. The van der Waals surface area contributed by atoms with Gasteiger partial charge in [-0.15, -0.1) is 0 Å². The Hall–Kier alpha value is -1.52. The molecule has 0 saturated heterocycles. The summed E-state index contributed by atoms with van der Waals surface area (Å²) in [4.78, 5) is 0. The van der Waals surface area contributed by atoms with Crippen molar-refractivity contribution in [1.29, 1.82) is 0 Å². The standard InChI is InChI=1S/C16H17BrO3/c1-18-16-8-7-13(11-15(16)17)12-19-9-10-20-14-5-3-2-4-6-14/h2-8,11H,9-10,12H2,1H3. The number of hydrogen-bond acceptors (Lipinski definition) is 3. The first-order valence-corrected chi connectivity index (χ1v) is 7.17. The Morgan fingerprint density at radius 1 is 1.00 bits per heavy atom. The van der Waals surface area contributed by atoms with E-state index < -0.39 is 0 Å². The van der Waals surface area contributed by atoms with Crippen molar-refractivity contribution in [1.82, 2.24) is 0 Å². The van der Waals surface area contributed by atoms with Crippen LogP contribution in [0.4, 0.5) is 0 Å². The SMILES string of the molecule is COc1ccc(COCCOc2ccccc2)cc1Br. The molecule has 0 fully saturated rings. The molecule has 2 rings (SSSR count). The van der Waals surface area contributed by atoms with Gasteiger partial charge in [-0.2, -0.15) is 0 Å². The molecule has 4 heteroatoms. The molecule has 0 N–H and O–H groups in total. The van der Waals surface area contributed by atoms with Crippen LogP contribution in [0.1, 0.15) is 5.56 Å². The largest absolute Gasteiger partial charge is 0.496 e. The zero-order valence-corrected chi connectivity index (χ0v) is 12.9. The monoisotopic (exact) mass is 336 g/mol. The van der Waals surface area contributed by atoms with E-state index in [1.165, 1.54) is 0 Å². The Morgan fingerprint density at radius 2 is 1.80 bits per heavy atom. The van der Waals surface area contributed by atoms with Crippen LogP contribution in [0.2, 0.25) is 0 Å². The highest BCUT2D eigenvalue weighted by Gasteiger charge is 2.01. The summed E-state index contributed by atoms with van der Waals surface area (Å²) in [6, 6.07) is 15.6. The molecule has 2 aromatic carbocycles. The molecule has 0 unspecified atom stereocenters. The van der Waals surface area contributed by atoms with Crippen molar-refractivity contribution in [2.75, 3.05) is 20.3 Å². The van der Waals surface area contributed by atoms with Crippen LogP contribution in [0.15, 0.2) is 53.0 Å². The van der Waals surface area contributed by atoms with Gasteiger partial charge in [0, 0.05) is 0 Å². The summed E-state index contributed by atoms with van der Waals surface area (Å²) in [6.45, 7) is 1.65. The Bertz CT molecular complexity index is 529. The number of methoxy groups -OCH3 is 1. The molecule has 0 saturated carbocycles. The maximum absolute atomic E-state index is 5.58. The van der Waals surface area contributed by atoms with Crippen LogP contribution in [0.5, 0.6) is 11.5 Å². The topological polar surface area (TPSA) is 27.7 Å². The predicted molar refractivity (Wildman–Crippen MR) is 82.3 cm³/mol. The number of ether oxygens (including phenoxy) is 3. The van der Waals surface area contributed by atoms with Crippen LogP contribution in [0, 0.1) is 0 Å². The summed E-state index contributed by atoms with van der Waals surface area (Å²) in [5, 5.41) is 0. The lowest BCUT2D eigenvalue weighted by Crippen LogP contribution is -2.06. The molecular weight excluding hydrogens is 320 g/mol. The Labute approximate surface area is 127 Å². The minimum absolute atomic E-state index is 0.543. The Kier molecular flexibility index (Phi) is 5.89. The molecule has 20 heavy (non-hydrogen) atoms. The average molecular weight is 337 g/mol. The van der Waals surface area contributed by atoms with Crippen LogP contribution >= 0.6 is 15.9 Å². The lowest BCUT2D eigenvalue weighted by Gasteiger charge is -2.08. The predicted octanol–water partition coefficient (Wildman–Crippen LogP) is 4.05. The maximum Gasteiger partial charge on any atom is 0.133 e. The summed E-state index contributed by atoms with van der Waals surface area (Å²) in [5.74, 6) is 1.68. The van der Waals surface area contributed by atoms with E-state index in [0.29, 0.717) is 19.8 Å². The number of para-hydroxylation sites is 1. The molecule has 0 atom stereocenters. The van der Waals surface area contributed by atoms with Crippen LogP contribution in [0.25, 0.3) is 0 Å².